The maximum atomic E-state index is 13.8. The standard InChI is InChI=1S/C14H17F15N2O3S/c1-31(2,6-7-32)5-3-4-30-35(33,34)14(28,29)12(23,24)10(19,20)8(15,16)9(17,18)11(21,22)13(25,26)27/h32H,3-7H2,1-2H3. The van der Waals surface area contributed by atoms with E-state index in [9.17, 15) is 74.3 Å². The minimum absolute atomic E-state index is 0.0148. The van der Waals surface area contributed by atoms with Gasteiger partial charge in [0, 0.05) is 0 Å². The Morgan fingerprint density at radius 1 is 0.657 bits per heavy atom. The predicted molar refractivity (Wildman–Crippen MR) is 86.4 cm³/mol. The molecule has 0 radical (unpaired) electrons. The van der Waals surface area contributed by atoms with Crippen molar-refractivity contribution in [1.82, 2.24) is 0 Å². The first kappa shape index (κ1) is 33.8. The molecule has 0 saturated heterocycles. The van der Waals surface area contributed by atoms with Crippen LogP contribution in [0.25, 0.3) is 4.72 Å². The van der Waals surface area contributed by atoms with Crippen molar-refractivity contribution in [2.45, 2.75) is 47.5 Å². The van der Waals surface area contributed by atoms with Gasteiger partial charge in [-0.25, -0.2) is 8.42 Å². The zero-order valence-electron chi connectivity index (χ0n) is 17.3. The van der Waals surface area contributed by atoms with E-state index in [4.69, 9.17) is 5.11 Å². The van der Waals surface area contributed by atoms with Gasteiger partial charge in [-0.2, -0.15) is 65.9 Å². The fourth-order valence-corrected chi connectivity index (χ4v) is 3.25. The molecule has 0 amide bonds. The maximum Gasteiger partial charge on any atom is 0.460 e. The molecule has 5 nitrogen and oxygen atoms in total. The minimum Gasteiger partial charge on any atom is -0.543 e. The lowest BCUT2D eigenvalue weighted by molar-refractivity contribution is -0.890. The van der Waals surface area contributed by atoms with Gasteiger partial charge in [-0.05, 0) is 6.42 Å². The highest BCUT2D eigenvalue weighted by molar-refractivity contribution is 7.95. The Hall–Kier alpha value is -1.22. The second-order valence-corrected chi connectivity index (χ2v) is 9.40. The SMILES string of the molecule is C[N+](C)(CCO)CCC[N-]S(=O)(=O)C(F)(F)C(F)(F)C(F)(F)C(F)(F)C(F)(F)C(F)(F)C(F)(F)F. The molecule has 0 spiro atoms. The summed E-state index contributed by atoms with van der Waals surface area (Å²) in [5, 5.41) is 1.29. The van der Waals surface area contributed by atoms with Gasteiger partial charge >= 0.3 is 41.0 Å². The predicted octanol–water partition coefficient (Wildman–Crippen LogP) is 4.48. The molecule has 1 N–H and O–H groups in total. The molecule has 0 rings (SSSR count). The molecule has 212 valence electrons. The quantitative estimate of drug-likeness (QED) is 0.199. The molecular formula is C14H17F15N2O3S. The second-order valence-electron chi connectivity index (χ2n) is 7.67. The van der Waals surface area contributed by atoms with Crippen LogP contribution in [0, 0.1) is 0 Å². The summed E-state index contributed by atoms with van der Waals surface area (Å²) in [5.74, 6) is -41.9. The van der Waals surface area contributed by atoms with Gasteiger partial charge in [0.25, 0.3) is 0 Å². The first-order valence-electron chi connectivity index (χ1n) is 8.71. The summed E-state index contributed by atoms with van der Waals surface area (Å²) in [6.45, 7) is -2.05. The van der Waals surface area contributed by atoms with Crippen LogP contribution in [0.1, 0.15) is 6.42 Å². The fourth-order valence-electron chi connectivity index (χ4n) is 2.26. The van der Waals surface area contributed by atoms with E-state index in [0.29, 0.717) is 0 Å². The van der Waals surface area contributed by atoms with Crippen molar-refractivity contribution < 1.29 is 83.9 Å². The van der Waals surface area contributed by atoms with Crippen LogP contribution < -0.4 is 0 Å². The molecule has 0 heterocycles. The number of aliphatic hydroxyl groups is 1. The number of likely N-dealkylation sites (N-methyl/N-ethyl adjacent to an activating group) is 1. The highest BCUT2D eigenvalue weighted by atomic mass is 32.2. The molecule has 0 fully saturated rings. The zero-order chi connectivity index (χ0) is 28.7. The lowest BCUT2D eigenvalue weighted by atomic mass is 9.94. The van der Waals surface area contributed by atoms with Gasteiger partial charge in [0.15, 0.2) is 0 Å². The third-order valence-corrected chi connectivity index (χ3v) is 5.94. The first-order valence-corrected chi connectivity index (χ1v) is 10.2. The van der Waals surface area contributed by atoms with Gasteiger partial charge in [-0.3, -0.25) is 0 Å². The van der Waals surface area contributed by atoms with Gasteiger partial charge in [-0.1, -0.05) is 0 Å². The Balaban J connectivity index is 6.18. The molecule has 35 heavy (non-hydrogen) atoms. The van der Waals surface area contributed by atoms with Gasteiger partial charge in [0.1, 0.15) is 16.6 Å². The van der Waals surface area contributed by atoms with E-state index in [1.54, 1.807) is 0 Å². The summed E-state index contributed by atoms with van der Waals surface area (Å²) in [4.78, 5) is 0. The van der Waals surface area contributed by atoms with Crippen molar-refractivity contribution in [3.05, 3.63) is 4.72 Å². The molecule has 0 aliphatic carbocycles. The molecule has 0 bridgehead atoms. The Morgan fingerprint density at radius 3 is 1.40 bits per heavy atom. The van der Waals surface area contributed by atoms with Gasteiger partial charge in [0.2, 0.25) is 0 Å². The summed E-state index contributed by atoms with van der Waals surface area (Å²) in [5.41, 5.74) is 0. The average molecular weight is 578 g/mol. The van der Waals surface area contributed by atoms with Crippen LogP contribution in [0.4, 0.5) is 65.9 Å². The zero-order valence-corrected chi connectivity index (χ0v) is 18.1. The van der Waals surface area contributed by atoms with Crippen LogP contribution in [0.3, 0.4) is 0 Å². The second kappa shape index (κ2) is 9.58. The number of halogens is 15. The number of aliphatic hydroxyl groups excluding tert-OH is 1. The van der Waals surface area contributed by atoms with Crippen LogP contribution >= 0.6 is 0 Å². The lowest BCUT2D eigenvalue weighted by Crippen LogP contribution is -2.73. The third kappa shape index (κ3) is 5.55. The molecule has 21 heteroatoms. The molecule has 0 aliphatic rings. The number of quaternary nitrogens is 1. The largest absolute Gasteiger partial charge is 0.543 e. The highest BCUT2D eigenvalue weighted by Gasteiger charge is 2.94. The van der Waals surface area contributed by atoms with Gasteiger partial charge < -0.3 is 14.3 Å². The topological polar surface area (TPSA) is 68.5 Å². The van der Waals surface area contributed by atoms with Crippen LogP contribution in [0.2, 0.25) is 0 Å². The number of alkyl halides is 15. The molecule has 0 aliphatic heterocycles. The summed E-state index contributed by atoms with van der Waals surface area (Å²) in [6, 6.07) is 0. The smallest absolute Gasteiger partial charge is 0.460 e. The van der Waals surface area contributed by atoms with E-state index in [2.05, 4.69) is 0 Å². The molecule has 0 atom stereocenters. The fraction of sp³-hybridized carbons (Fsp3) is 1.00. The number of hydrogen-bond acceptors (Lipinski definition) is 3. The molecular weight excluding hydrogens is 561 g/mol. The van der Waals surface area contributed by atoms with Gasteiger partial charge in [0.05, 0.1) is 27.2 Å². The van der Waals surface area contributed by atoms with Crippen LogP contribution in [-0.2, 0) is 10.0 Å². The van der Waals surface area contributed by atoms with E-state index in [1.165, 1.54) is 14.1 Å². The Kier molecular flexibility index (Phi) is 9.25. The van der Waals surface area contributed by atoms with E-state index in [-0.39, 0.29) is 17.6 Å². The number of rotatable bonds is 13. The normalized spacial score (nSPS) is 16.1. The summed E-state index contributed by atoms with van der Waals surface area (Å²) in [7, 11) is -4.52. The van der Waals surface area contributed by atoms with E-state index >= 15 is 0 Å². The Labute approximate surface area is 187 Å². The Morgan fingerprint density at radius 2 is 1.03 bits per heavy atom. The van der Waals surface area contributed by atoms with Crippen molar-refractivity contribution in [2.24, 2.45) is 0 Å². The van der Waals surface area contributed by atoms with Crippen molar-refractivity contribution in [3.8, 4) is 0 Å². The number of nitrogens with zero attached hydrogens (tertiary/aromatic N) is 2. The van der Waals surface area contributed by atoms with E-state index in [1.807, 2.05) is 4.72 Å². The summed E-state index contributed by atoms with van der Waals surface area (Å²) < 4.78 is 221. The first-order chi connectivity index (χ1) is 15.0. The van der Waals surface area contributed by atoms with Crippen LogP contribution in [0.15, 0.2) is 0 Å². The highest BCUT2D eigenvalue weighted by Crippen LogP contribution is 2.63. The van der Waals surface area contributed by atoms with Crippen LogP contribution in [0.5, 0.6) is 0 Å². The van der Waals surface area contributed by atoms with Gasteiger partial charge in [-0.15, -0.1) is 6.54 Å². The summed E-state index contributed by atoms with van der Waals surface area (Å²) in [6.07, 6.45) is -8.34. The molecule has 0 aromatic rings. The van der Waals surface area contributed by atoms with Crippen molar-refractivity contribution in [3.63, 3.8) is 0 Å². The Bertz CT molecular complexity index is 840. The lowest BCUT2D eigenvalue weighted by Gasteiger charge is -2.42. The third-order valence-electron chi connectivity index (χ3n) is 4.51. The van der Waals surface area contributed by atoms with Crippen molar-refractivity contribution in [2.75, 3.05) is 40.3 Å². The van der Waals surface area contributed by atoms with E-state index in [0.717, 1.165) is 0 Å². The van der Waals surface area contributed by atoms with E-state index < -0.39 is 70.6 Å². The number of sulfonamides is 1. The molecule has 0 saturated carbocycles. The summed E-state index contributed by atoms with van der Waals surface area (Å²) >= 11 is 0. The van der Waals surface area contributed by atoms with Crippen molar-refractivity contribution >= 4 is 10.0 Å². The maximum absolute atomic E-state index is 13.8. The number of hydrogen-bond donors (Lipinski definition) is 1. The minimum atomic E-state index is -8.58. The average Bonchev–Trinajstić information content (AvgIpc) is 2.63. The molecule has 0 aromatic carbocycles. The van der Waals surface area contributed by atoms with Crippen LogP contribution in [-0.4, -0.2) is 99.4 Å². The molecule has 0 unspecified atom stereocenters. The molecule has 0 aromatic heterocycles. The van der Waals surface area contributed by atoms with Crippen molar-refractivity contribution in [1.29, 1.82) is 0 Å². The monoisotopic (exact) mass is 578 g/mol.